The molecule has 0 aliphatic carbocycles. The molecule has 0 unspecified atom stereocenters. The fourth-order valence-electron chi connectivity index (χ4n) is 1.28. The summed E-state index contributed by atoms with van der Waals surface area (Å²) in [6.45, 7) is 2.07. The summed E-state index contributed by atoms with van der Waals surface area (Å²) >= 11 is 0. The smallest absolute Gasteiger partial charge is 0.339 e. The minimum atomic E-state index is -0.385. The Kier molecular flexibility index (Phi) is 3.71. The normalized spacial score (nSPS) is 12.5. The van der Waals surface area contributed by atoms with E-state index in [1.54, 1.807) is 6.07 Å². The van der Waals surface area contributed by atoms with Crippen LogP contribution in [-0.4, -0.2) is 7.11 Å². The first-order valence-electron chi connectivity index (χ1n) is 4.69. The van der Waals surface area contributed by atoms with E-state index in [2.05, 4.69) is 12.7 Å². The third-order valence-corrected chi connectivity index (χ3v) is 2.04. The molecule has 0 aliphatic heterocycles. The van der Waals surface area contributed by atoms with Crippen molar-refractivity contribution in [3.8, 4) is 5.75 Å². The van der Waals surface area contributed by atoms with Gasteiger partial charge in [0, 0.05) is 12.5 Å². The van der Waals surface area contributed by atoms with E-state index in [-0.39, 0.29) is 11.7 Å². The molecule has 0 aliphatic rings. The summed E-state index contributed by atoms with van der Waals surface area (Å²) in [5.41, 5.74) is 3.54. The van der Waals surface area contributed by atoms with Crippen LogP contribution in [0.3, 0.4) is 0 Å². The van der Waals surface area contributed by atoms with Gasteiger partial charge in [0.05, 0.1) is 13.2 Å². The highest BCUT2D eigenvalue weighted by molar-refractivity contribution is 5.21. The second-order valence-corrected chi connectivity index (χ2v) is 3.20. The second kappa shape index (κ2) is 4.81. The largest absolute Gasteiger partial charge is 0.496 e. The monoisotopic (exact) mass is 198 g/mol. The van der Waals surface area contributed by atoms with Crippen molar-refractivity contribution in [3.05, 3.63) is 28.3 Å². The first-order valence-corrected chi connectivity index (χ1v) is 4.69. The Morgan fingerprint density at radius 3 is 2.86 bits per heavy atom. The zero-order valence-electron chi connectivity index (χ0n) is 8.58. The lowest BCUT2D eigenvalue weighted by Crippen LogP contribution is -2.53. The lowest BCUT2D eigenvalue weighted by atomic mass is 10.1. The molecular formula is C10H16NO3+. The van der Waals surface area contributed by atoms with Crippen LogP contribution in [0.5, 0.6) is 5.75 Å². The molecule has 3 N–H and O–H groups in total. The van der Waals surface area contributed by atoms with Crippen molar-refractivity contribution in [2.24, 2.45) is 0 Å². The van der Waals surface area contributed by atoms with E-state index >= 15 is 0 Å². The van der Waals surface area contributed by atoms with Gasteiger partial charge in [-0.15, -0.1) is 0 Å². The third kappa shape index (κ3) is 2.60. The topological polar surface area (TPSA) is 67.1 Å². The second-order valence-electron chi connectivity index (χ2n) is 3.20. The van der Waals surface area contributed by atoms with Gasteiger partial charge in [-0.25, -0.2) is 4.79 Å². The van der Waals surface area contributed by atoms with Crippen LogP contribution in [0.1, 0.15) is 31.6 Å². The van der Waals surface area contributed by atoms with E-state index in [4.69, 9.17) is 9.15 Å². The molecule has 1 aromatic heterocycles. The number of quaternary nitrogens is 1. The van der Waals surface area contributed by atoms with Crippen molar-refractivity contribution in [3.63, 3.8) is 0 Å². The summed E-state index contributed by atoms with van der Waals surface area (Å²) in [6, 6.07) is 3.06. The molecular weight excluding hydrogens is 182 g/mol. The molecule has 4 heteroatoms. The first-order chi connectivity index (χ1) is 6.67. The van der Waals surface area contributed by atoms with E-state index in [1.807, 2.05) is 0 Å². The molecule has 4 nitrogen and oxygen atoms in total. The predicted octanol–water partition coefficient (Wildman–Crippen LogP) is 0.732. The molecule has 0 fully saturated rings. The standard InChI is InChI=1S/C10H15NO3/c1-3-4-8(11)9-5-7(13-2)6-10(12)14-9/h5-6,8H,3-4,11H2,1-2H3/p+1/t8-/m1/s1. The molecule has 1 heterocycles. The van der Waals surface area contributed by atoms with Crippen molar-refractivity contribution in [2.75, 3.05) is 7.11 Å². The van der Waals surface area contributed by atoms with Crippen molar-refractivity contribution in [1.29, 1.82) is 0 Å². The zero-order chi connectivity index (χ0) is 10.6. The molecule has 0 bridgehead atoms. The number of hydrogen-bond acceptors (Lipinski definition) is 3. The maximum absolute atomic E-state index is 11.1. The summed E-state index contributed by atoms with van der Waals surface area (Å²) < 4.78 is 10.0. The number of ether oxygens (including phenoxy) is 1. The van der Waals surface area contributed by atoms with E-state index in [9.17, 15) is 4.79 Å². The van der Waals surface area contributed by atoms with E-state index in [0.717, 1.165) is 12.8 Å². The van der Waals surface area contributed by atoms with Crippen LogP contribution in [0.4, 0.5) is 0 Å². The fourth-order valence-corrected chi connectivity index (χ4v) is 1.28. The molecule has 0 saturated heterocycles. The molecule has 1 rings (SSSR count). The zero-order valence-corrected chi connectivity index (χ0v) is 8.58. The summed E-state index contributed by atoms with van der Waals surface area (Å²) in [5.74, 6) is 1.12. The molecule has 0 amide bonds. The Hall–Kier alpha value is -1.29. The lowest BCUT2D eigenvalue weighted by molar-refractivity contribution is -0.432. The van der Waals surface area contributed by atoms with Gasteiger partial charge in [-0.1, -0.05) is 13.3 Å². The third-order valence-electron chi connectivity index (χ3n) is 2.04. The maximum atomic E-state index is 11.1. The van der Waals surface area contributed by atoms with Crippen LogP contribution in [0.25, 0.3) is 0 Å². The van der Waals surface area contributed by atoms with Crippen LogP contribution in [0.2, 0.25) is 0 Å². The van der Waals surface area contributed by atoms with Gasteiger partial charge in [0.1, 0.15) is 11.8 Å². The van der Waals surface area contributed by atoms with Crippen molar-refractivity contribution < 1.29 is 14.9 Å². The van der Waals surface area contributed by atoms with Gasteiger partial charge in [-0.05, 0) is 0 Å². The predicted molar refractivity (Wildman–Crippen MR) is 52.1 cm³/mol. The van der Waals surface area contributed by atoms with Gasteiger partial charge in [0.15, 0.2) is 5.76 Å². The average molecular weight is 198 g/mol. The quantitative estimate of drug-likeness (QED) is 0.775. The van der Waals surface area contributed by atoms with Crippen LogP contribution < -0.4 is 16.1 Å². The van der Waals surface area contributed by atoms with Crippen molar-refractivity contribution >= 4 is 0 Å². The minimum Gasteiger partial charge on any atom is -0.496 e. The van der Waals surface area contributed by atoms with Gasteiger partial charge in [-0.3, -0.25) is 0 Å². The molecule has 0 saturated carbocycles. The summed E-state index contributed by atoms with van der Waals surface area (Å²) in [5, 5.41) is 0. The minimum absolute atomic E-state index is 0.0165. The van der Waals surface area contributed by atoms with E-state index in [0.29, 0.717) is 11.5 Å². The van der Waals surface area contributed by atoms with E-state index < -0.39 is 0 Å². The Morgan fingerprint density at radius 1 is 1.57 bits per heavy atom. The molecule has 0 radical (unpaired) electrons. The molecule has 14 heavy (non-hydrogen) atoms. The first kappa shape index (κ1) is 10.8. The highest BCUT2D eigenvalue weighted by Gasteiger charge is 2.13. The summed E-state index contributed by atoms with van der Waals surface area (Å²) in [4.78, 5) is 11.1. The molecule has 78 valence electrons. The Labute approximate surface area is 82.7 Å². The van der Waals surface area contributed by atoms with Gasteiger partial charge in [-0.2, -0.15) is 0 Å². The van der Waals surface area contributed by atoms with Crippen LogP contribution in [-0.2, 0) is 0 Å². The molecule has 1 atom stereocenters. The Bertz CT molecular complexity index is 345. The lowest BCUT2D eigenvalue weighted by Gasteiger charge is -2.06. The molecule has 1 aromatic rings. The van der Waals surface area contributed by atoms with E-state index in [1.165, 1.54) is 13.2 Å². The number of hydrogen-bond donors (Lipinski definition) is 1. The van der Waals surface area contributed by atoms with Crippen LogP contribution >= 0.6 is 0 Å². The van der Waals surface area contributed by atoms with Crippen LogP contribution in [0.15, 0.2) is 21.3 Å². The average Bonchev–Trinajstić information content (AvgIpc) is 2.17. The summed E-state index contributed by atoms with van der Waals surface area (Å²) in [7, 11) is 1.52. The maximum Gasteiger partial charge on any atom is 0.339 e. The van der Waals surface area contributed by atoms with Crippen molar-refractivity contribution in [2.45, 2.75) is 25.8 Å². The number of methoxy groups -OCH3 is 1. The summed E-state index contributed by atoms with van der Waals surface area (Å²) in [6.07, 6.45) is 1.91. The highest BCUT2D eigenvalue weighted by Crippen LogP contribution is 2.16. The Balaban J connectivity index is 2.96. The molecule has 0 spiro atoms. The van der Waals surface area contributed by atoms with Crippen molar-refractivity contribution in [1.82, 2.24) is 0 Å². The van der Waals surface area contributed by atoms with Gasteiger partial charge in [0.25, 0.3) is 0 Å². The van der Waals surface area contributed by atoms with Crippen LogP contribution in [0, 0.1) is 0 Å². The van der Waals surface area contributed by atoms with Gasteiger partial charge in [0.2, 0.25) is 0 Å². The molecule has 0 aromatic carbocycles. The Morgan fingerprint density at radius 2 is 2.29 bits per heavy atom. The SMILES string of the molecule is CCC[C@@H]([NH3+])c1cc(OC)cc(=O)o1. The van der Waals surface area contributed by atoms with Gasteiger partial charge < -0.3 is 14.9 Å². The van der Waals surface area contributed by atoms with Gasteiger partial charge >= 0.3 is 5.63 Å². The highest BCUT2D eigenvalue weighted by atomic mass is 16.5. The number of rotatable bonds is 4. The fraction of sp³-hybridized carbons (Fsp3) is 0.500.